The van der Waals surface area contributed by atoms with Crippen molar-refractivity contribution < 1.29 is 9.53 Å². The zero-order valence-corrected chi connectivity index (χ0v) is 13.5. The van der Waals surface area contributed by atoms with Crippen molar-refractivity contribution in [2.45, 2.75) is 13.0 Å². The summed E-state index contributed by atoms with van der Waals surface area (Å²) >= 11 is 0. The number of amides is 1. The number of nitriles is 1. The van der Waals surface area contributed by atoms with Gasteiger partial charge in [-0.25, -0.2) is 0 Å². The van der Waals surface area contributed by atoms with Gasteiger partial charge < -0.3 is 9.64 Å². The van der Waals surface area contributed by atoms with Gasteiger partial charge in [-0.3, -0.25) is 4.79 Å². The topological polar surface area (TPSA) is 53.3 Å². The van der Waals surface area contributed by atoms with Crippen molar-refractivity contribution in [3.63, 3.8) is 0 Å². The van der Waals surface area contributed by atoms with Crippen LogP contribution in [0.25, 0.3) is 0 Å². The first-order valence-electron chi connectivity index (χ1n) is 7.78. The summed E-state index contributed by atoms with van der Waals surface area (Å²) < 4.78 is 5.42. The number of hydrogen-bond donors (Lipinski definition) is 0. The van der Waals surface area contributed by atoms with Gasteiger partial charge in [0.1, 0.15) is 12.4 Å². The molecule has 0 atom stereocenters. The molecule has 0 heterocycles. The minimum absolute atomic E-state index is 0.0932. The summed E-state index contributed by atoms with van der Waals surface area (Å²) in [5, 5.41) is 8.84. The van der Waals surface area contributed by atoms with Crippen LogP contribution in [0, 0.1) is 11.3 Å². The second kappa shape index (κ2) is 9.16. The average Bonchev–Trinajstić information content (AvgIpc) is 2.64. The van der Waals surface area contributed by atoms with E-state index < -0.39 is 0 Å². The van der Waals surface area contributed by atoms with Crippen molar-refractivity contribution in [2.75, 3.05) is 13.2 Å². The van der Waals surface area contributed by atoms with Gasteiger partial charge in [-0.15, -0.1) is 0 Å². The van der Waals surface area contributed by atoms with E-state index in [0.29, 0.717) is 37.4 Å². The van der Waals surface area contributed by atoms with E-state index in [-0.39, 0.29) is 5.91 Å². The molecule has 0 bridgehead atoms. The zero-order chi connectivity index (χ0) is 17.2. The summed E-state index contributed by atoms with van der Waals surface area (Å²) in [6.45, 7) is 4.91. The van der Waals surface area contributed by atoms with Gasteiger partial charge in [0.15, 0.2) is 0 Å². The minimum atomic E-state index is -0.0932. The molecule has 0 saturated carbocycles. The quantitative estimate of drug-likeness (QED) is 0.695. The number of carbonyl (C=O) groups excluding carboxylic acids is 1. The van der Waals surface area contributed by atoms with Crippen molar-refractivity contribution in [1.82, 2.24) is 4.90 Å². The highest BCUT2D eigenvalue weighted by molar-refractivity contribution is 5.94. The number of benzene rings is 2. The first-order chi connectivity index (χ1) is 11.7. The largest absolute Gasteiger partial charge is 0.490 e. The van der Waals surface area contributed by atoms with Crippen LogP contribution in [0.5, 0.6) is 5.75 Å². The lowest BCUT2D eigenvalue weighted by Crippen LogP contribution is -2.31. The average molecular weight is 320 g/mol. The lowest BCUT2D eigenvalue weighted by atomic mass is 10.1. The molecule has 0 aliphatic heterocycles. The normalized spacial score (nSPS) is 9.79. The van der Waals surface area contributed by atoms with Gasteiger partial charge in [0.2, 0.25) is 0 Å². The Morgan fingerprint density at radius 2 is 1.88 bits per heavy atom. The first kappa shape index (κ1) is 17.3. The van der Waals surface area contributed by atoms with Gasteiger partial charge in [0, 0.05) is 18.7 Å². The van der Waals surface area contributed by atoms with Gasteiger partial charge in [-0.2, -0.15) is 5.26 Å². The number of hydrogen-bond acceptors (Lipinski definition) is 3. The molecule has 0 fully saturated rings. The first-order valence-corrected chi connectivity index (χ1v) is 7.78. The molecule has 1 amide bonds. The van der Waals surface area contributed by atoms with E-state index in [0.717, 1.165) is 5.56 Å². The molecular formula is C20H20N2O2. The number of ether oxygens (including phenoxy) is 1. The predicted molar refractivity (Wildman–Crippen MR) is 93.5 cm³/mol. The second-order valence-electron chi connectivity index (χ2n) is 5.24. The molecule has 0 saturated heterocycles. The molecule has 0 aromatic heterocycles. The van der Waals surface area contributed by atoms with Gasteiger partial charge >= 0.3 is 0 Å². The van der Waals surface area contributed by atoms with E-state index in [9.17, 15) is 4.79 Å². The van der Waals surface area contributed by atoms with Crippen LogP contribution in [-0.4, -0.2) is 24.0 Å². The van der Waals surface area contributed by atoms with E-state index in [1.54, 1.807) is 35.2 Å². The highest BCUT2D eigenvalue weighted by Gasteiger charge is 2.16. The Bertz CT molecular complexity index is 703. The monoisotopic (exact) mass is 320 g/mol. The molecule has 24 heavy (non-hydrogen) atoms. The molecule has 0 unspecified atom stereocenters. The van der Waals surface area contributed by atoms with Crippen LogP contribution in [0.15, 0.2) is 67.3 Å². The van der Waals surface area contributed by atoms with E-state index in [1.807, 2.05) is 30.3 Å². The molecule has 4 nitrogen and oxygen atoms in total. The lowest BCUT2D eigenvalue weighted by molar-refractivity contribution is 0.0747. The fourth-order valence-corrected chi connectivity index (χ4v) is 2.27. The zero-order valence-electron chi connectivity index (χ0n) is 13.5. The SMILES string of the molecule is C=CCOc1ccc(C(=O)N(CCC#N)Cc2ccccc2)cc1. The van der Waals surface area contributed by atoms with E-state index in [1.165, 1.54) is 0 Å². The predicted octanol–water partition coefficient (Wildman–Crippen LogP) is 3.81. The third kappa shape index (κ3) is 4.99. The Morgan fingerprint density at radius 1 is 1.17 bits per heavy atom. The van der Waals surface area contributed by atoms with E-state index in [4.69, 9.17) is 10.00 Å². The number of rotatable bonds is 8. The molecule has 122 valence electrons. The van der Waals surface area contributed by atoms with Gasteiger partial charge in [-0.05, 0) is 29.8 Å². The van der Waals surface area contributed by atoms with Crippen molar-refractivity contribution in [3.8, 4) is 11.8 Å². The highest BCUT2D eigenvalue weighted by atomic mass is 16.5. The second-order valence-corrected chi connectivity index (χ2v) is 5.24. The number of carbonyl (C=O) groups is 1. The fraction of sp³-hybridized carbons (Fsp3) is 0.200. The summed E-state index contributed by atoms with van der Waals surface area (Å²) in [7, 11) is 0. The fourth-order valence-electron chi connectivity index (χ4n) is 2.27. The Labute approximate surface area is 142 Å². The molecule has 2 aromatic carbocycles. The van der Waals surface area contributed by atoms with Crippen LogP contribution in [-0.2, 0) is 6.54 Å². The molecule has 0 N–H and O–H groups in total. The Kier molecular flexibility index (Phi) is 6.60. The van der Waals surface area contributed by atoms with Crippen LogP contribution < -0.4 is 4.74 Å². The van der Waals surface area contributed by atoms with Crippen molar-refractivity contribution in [1.29, 1.82) is 5.26 Å². The van der Waals surface area contributed by atoms with Crippen LogP contribution >= 0.6 is 0 Å². The highest BCUT2D eigenvalue weighted by Crippen LogP contribution is 2.15. The number of nitrogens with zero attached hydrogens (tertiary/aromatic N) is 2. The summed E-state index contributed by atoms with van der Waals surface area (Å²) in [6, 6.07) is 18.9. The molecule has 2 rings (SSSR count). The molecular weight excluding hydrogens is 300 g/mol. The Morgan fingerprint density at radius 3 is 2.50 bits per heavy atom. The van der Waals surface area contributed by atoms with Crippen molar-refractivity contribution in [2.24, 2.45) is 0 Å². The smallest absolute Gasteiger partial charge is 0.254 e. The van der Waals surface area contributed by atoms with Crippen LogP contribution in [0.2, 0.25) is 0 Å². The van der Waals surface area contributed by atoms with Crippen LogP contribution in [0.1, 0.15) is 22.3 Å². The summed E-state index contributed by atoms with van der Waals surface area (Å²) in [4.78, 5) is 14.4. The molecule has 0 aliphatic carbocycles. The standard InChI is InChI=1S/C20H20N2O2/c1-2-15-24-19-11-9-18(10-12-19)20(23)22(14-6-13-21)16-17-7-4-3-5-8-17/h2-5,7-12H,1,6,14-16H2. The van der Waals surface area contributed by atoms with E-state index >= 15 is 0 Å². The molecule has 0 spiro atoms. The maximum absolute atomic E-state index is 12.7. The third-order valence-corrected chi connectivity index (χ3v) is 3.47. The Balaban J connectivity index is 2.11. The summed E-state index contributed by atoms with van der Waals surface area (Å²) in [5.74, 6) is 0.599. The molecule has 2 aromatic rings. The maximum atomic E-state index is 12.7. The third-order valence-electron chi connectivity index (χ3n) is 3.47. The van der Waals surface area contributed by atoms with Crippen molar-refractivity contribution in [3.05, 3.63) is 78.4 Å². The van der Waals surface area contributed by atoms with Crippen LogP contribution in [0.4, 0.5) is 0 Å². The molecule has 0 aliphatic rings. The lowest BCUT2D eigenvalue weighted by Gasteiger charge is -2.22. The van der Waals surface area contributed by atoms with E-state index in [2.05, 4.69) is 12.6 Å². The van der Waals surface area contributed by atoms with Gasteiger partial charge in [0.25, 0.3) is 5.91 Å². The molecule has 4 heteroatoms. The Hall–Kier alpha value is -3.06. The van der Waals surface area contributed by atoms with Crippen LogP contribution in [0.3, 0.4) is 0 Å². The molecule has 0 radical (unpaired) electrons. The van der Waals surface area contributed by atoms with Gasteiger partial charge in [-0.1, -0.05) is 43.0 Å². The summed E-state index contributed by atoms with van der Waals surface area (Å²) in [5.41, 5.74) is 1.62. The van der Waals surface area contributed by atoms with Crippen molar-refractivity contribution >= 4 is 5.91 Å². The van der Waals surface area contributed by atoms with Gasteiger partial charge in [0.05, 0.1) is 12.5 Å². The minimum Gasteiger partial charge on any atom is -0.490 e. The maximum Gasteiger partial charge on any atom is 0.254 e. The summed E-state index contributed by atoms with van der Waals surface area (Å²) in [6.07, 6.45) is 1.97.